The summed E-state index contributed by atoms with van der Waals surface area (Å²) in [5.41, 5.74) is 0.675. The molecule has 0 aliphatic rings. The number of hydrogen-bond acceptors (Lipinski definition) is 4. The first-order valence-electron chi connectivity index (χ1n) is 6.04. The molecule has 6 nitrogen and oxygen atoms in total. The molecule has 0 spiro atoms. The van der Waals surface area contributed by atoms with Crippen LogP contribution in [0.5, 0.6) is 0 Å². The largest absolute Gasteiger partial charge is 0.478 e. The Hall–Kier alpha value is -1.86. The number of sulfone groups is 1. The molecule has 0 aliphatic heterocycles. The van der Waals surface area contributed by atoms with E-state index in [0.717, 1.165) is 5.69 Å². The predicted molar refractivity (Wildman–Crippen MR) is 77.4 cm³/mol. The molecule has 2 rings (SSSR count). The van der Waals surface area contributed by atoms with Crippen molar-refractivity contribution >= 4 is 27.4 Å². The molecule has 1 aromatic heterocycles. The fourth-order valence-electron chi connectivity index (χ4n) is 1.87. The number of halogens is 1. The zero-order valence-electron chi connectivity index (χ0n) is 11.2. The summed E-state index contributed by atoms with van der Waals surface area (Å²) in [6.07, 6.45) is 1.91. The van der Waals surface area contributed by atoms with Crippen LogP contribution in [0.3, 0.4) is 0 Å². The second kappa shape index (κ2) is 5.87. The van der Waals surface area contributed by atoms with Crippen molar-refractivity contribution in [3.63, 3.8) is 0 Å². The molecule has 2 aromatic rings. The average Bonchev–Trinajstić information content (AvgIpc) is 2.81. The Morgan fingerprint density at radius 2 is 2.10 bits per heavy atom. The maximum atomic E-state index is 12.2. The number of carboxylic acids is 1. The summed E-state index contributed by atoms with van der Waals surface area (Å²) < 4.78 is 26.1. The van der Waals surface area contributed by atoms with Crippen molar-refractivity contribution in [1.82, 2.24) is 9.78 Å². The Balaban J connectivity index is 2.22. The summed E-state index contributed by atoms with van der Waals surface area (Å²) in [5.74, 6) is -1.30. The van der Waals surface area contributed by atoms with Crippen LogP contribution in [0.4, 0.5) is 0 Å². The minimum Gasteiger partial charge on any atom is -0.478 e. The van der Waals surface area contributed by atoms with E-state index in [4.69, 9.17) is 16.7 Å². The fraction of sp³-hybridized carbons (Fsp3) is 0.231. The molecule has 21 heavy (non-hydrogen) atoms. The Kier molecular flexibility index (Phi) is 4.34. The molecule has 8 heteroatoms. The number of aromatic carboxylic acids is 1. The van der Waals surface area contributed by atoms with E-state index in [1.54, 1.807) is 24.0 Å². The summed E-state index contributed by atoms with van der Waals surface area (Å²) >= 11 is 5.80. The highest BCUT2D eigenvalue weighted by molar-refractivity contribution is 7.91. The van der Waals surface area contributed by atoms with Gasteiger partial charge < -0.3 is 5.11 Å². The smallest absolute Gasteiger partial charge is 0.337 e. The number of carbonyl (C=O) groups is 1. The zero-order chi connectivity index (χ0) is 15.6. The van der Waals surface area contributed by atoms with Gasteiger partial charge in [0, 0.05) is 25.4 Å². The van der Waals surface area contributed by atoms with Crippen molar-refractivity contribution in [3.8, 4) is 0 Å². The molecule has 0 bridgehead atoms. The summed E-state index contributed by atoms with van der Waals surface area (Å²) in [6, 6.07) is 5.37. The Labute approximate surface area is 126 Å². The summed E-state index contributed by atoms with van der Waals surface area (Å²) in [5, 5.41) is 12.8. The van der Waals surface area contributed by atoms with Gasteiger partial charge in [0.25, 0.3) is 0 Å². The summed E-state index contributed by atoms with van der Waals surface area (Å²) in [4.78, 5) is 10.9. The number of aromatic nitrogens is 2. The minimum atomic E-state index is -3.54. The third-order valence-corrected chi connectivity index (χ3v) is 5.11. The van der Waals surface area contributed by atoms with Gasteiger partial charge in [-0.1, -0.05) is 11.6 Å². The van der Waals surface area contributed by atoms with Gasteiger partial charge in [0.15, 0.2) is 9.84 Å². The van der Waals surface area contributed by atoms with Crippen LogP contribution in [-0.2, 0) is 23.3 Å². The molecule has 0 radical (unpaired) electrons. The van der Waals surface area contributed by atoms with Gasteiger partial charge in [-0.15, -0.1) is 0 Å². The number of carboxylic acid groups (broad SMARTS) is 1. The SMILES string of the molecule is Cn1nccc1CCS(=O)(=O)c1ccc(C(=O)O)c(Cl)c1. The average molecular weight is 329 g/mol. The van der Waals surface area contributed by atoms with Crippen molar-refractivity contribution in [1.29, 1.82) is 0 Å². The summed E-state index contributed by atoms with van der Waals surface area (Å²) in [6.45, 7) is 0. The second-order valence-corrected chi connectivity index (χ2v) is 6.98. The number of rotatable bonds is 5. The first-order valence-corrected chi connectivity index (χ1v) is 8.07. The van der Waals surface area contributed by atoms with E-state index < -0.39 is 15.8 Å². The highest BCUT2D eigenvalue weighted by atomic mass is 35.5. The maximum Gasteiger partial charge on any atom is 0.337 e. The Bertz CT molecular complexity index is 783. The van der Waals surface area contributed by atoms with E-state index in [0.29, 0.717) is 6.42 Å². The van der Waals surface area contributed by atoms with Crippen molar-refractivity contribution in [2.45, 2.75) is 11.3 Å². The molecule has 1 N–H and O–H groups in total. The topological polar surface area (TPSA) is 89.3 Å². The minimum absolute atomic E-state index is 0.0136. The van der Waals surface area contributed by atoms with Gasteiger partial charge in [0.05, 0.1) is 21.2 Å². The normalized spacial score (nSPS) is 11.5. The lowest BCUT2D eigenvalue weighted by atomic mass is 10.2. The maximum absolute atomic E-state index is 12.2. The van der Waals surface area contributed by atoms with Crippen molar-refractivity contribution in [3.05, 3.63) is 46.7 Å². The molecular weight excluding hydrogens is 316 g/mol. The van der Waals surface area contributed by atoms with Crippen LogP contribution < -0.4 is 0 Å². The third kappa shape index (κ3) is 3.43. The van der Waals surface area contributed by atoms with Gasteiger partial charge in [0.1, 0.15) is 0 Å². The Morgan fingerprint density at radius 1 is 1.38 bits per heavy atom. The molecule has 1 heterocycles. The number of benzene rings is 1. The van der Waals surface area contributed by atoms with Crippen LogP contribution in [-0.4, -0.2) is 35.0 Å². The third-order valence-electron chi connectivity index (χ3n) is 3.08. The van der Waals surface area contributed by atoms with E-state index in [-0.39, 0.29) is 21.2 Å². The summed E-state index contributed by atoms with van der Waals surface area (Å²) in [7, 11) is -1.80. The van der Waals surface area contributed by atoms with E-state index in [2.05, 4.69) is 5.10 Å². The van der Waals surface area contributed by atoms with Gasteiger partial charge in [-0.05, 0) is 24.3 Å². The zero-order valence-corrected chi connectivity index (χ0v) is 12.7. The van der Waals surface area contributed by atoms with E-state index in [1.165, 1.54) is 18.2 Å². The van der Waals surface area contributed by atoms with E-state index in [1.807, 2.05) is 0 Å². The van der Waals surface area contributed by atoms with Crippen LogP contribution in [0.1, 0.15) is 16.1 Å². The van der Waals surface area contributed by atoms with Crippen molar-refractivity contribution in [2.24, 2.45) is 7.05 Å². The lowest BCUT2D eigenvalue weighted by molar-refractivity contribution is 0.0697. The number of aryl methyl sites for hydroxylation is 2. The van der Waals surface area contributed by atoms with E-state index >= 15 is 0 Å². The Morgan fingerprint density at radius 3 is 2.62 bits per heavy atom. The van der Waals surface area contributed by atoms with Gasteiger partial charge in [-0.3, -0.25) is 4.68 Å². The van der Waals surface area contributed by atoms with Crippen molar-refractivity contribution in [2.75, 3.05) is 5.75 Å². The van der Waals surface area contributed by atoms with Gasteiger partial charge in [-0.25, -0.2) is 13.2 Å². The highest BCUT2D eigenvalue weighted by Gasteiger charge is 2.18. The molecule has 0 saturated carbocycles. The van der Waals surface area contributed by atoms with E-state index in [9.17, 15) is 13.2 Å². The molecule has 0 amide bonds. The predicted octanol–water partition coefficient (Wildman–Crippen LogP) is 1.79. The van der Waals surface area contributed by atoms with Crippen LogP contribution in [0.25, 0.3) is 0 Å². The van der Waals surface area contributed by atoms with Crippen LogP contribution in [0, 0.1) is 0 Å². The molecule has 0 unspecified atom stereocenters. The number of nitrogens with zero attached hydrogens (tertiary/aromatic N) is 2. The standard InChI is InChI=1S/C13H13ClN2O4S/c1-16-9(4-6-15-16)5-7-21(19,20)10-2-3-11(13(17)18)12(14)8-10/h2-4,6,8H,5,7H2,1H3,(H,17,18). The highest BCUT2D eigenvalue weighted by Crippen LogP contribution is 2.22. The molecule has 112 valence electrons. The molecule has 0 saturated heterocycles. The fourth-order valence-corrected chi connectivity index (χ4v) is 3.48. The second-order valence-electron chi connectivity index (χ2n) is 4.46. The van der Waals surface area contributed by atoms with Gasteiger partial charge in [-0.2, -0.15) is 5.10 Å². The molecule has 0 aliphatic carbocycles. The lowest BCUT2D eigenvalue weighted by Gasteiger charge is -2.07. The first kappa shape index (κ1) is 15.5. The quantitative estimate of drug-likeness (QED) is 0.903. The van der Waals surface area contributed by atoms with Crippen LogP contribution in [0.15, 0.2) is 35.4 Å². The van der Waals surface area contributed by atoms with Gasteiger partial charge >= 0.3 is 5.97 Å². The van der Waals surface area contributed by atoms with Gasteiger partial charge in [0.2, 0.25) is 0 Å². The van der Waals surface area contributed by atoms with Crippen molar-refractivity contribution < 1.29 is 18.3 Å². The monoisotopic (exact) mass is 328 g/mol. The molecular formula is C13H13ClN2O4S. The molecule has 0 fully saturated rings. The van der Waals surface area contributed by atoms with Crippen LogP contribution >= 0.6 is 11.6 Å². The molecule has 0 atom stereocenters. The van der Waals surface area contributed by atoms with Crippen LogP contribution in [0.2, 0.25) is 5.02 Å². The lowest BCUT2D eigenvalue weighted by Crippen LogP contribution is -2.12. The first-order chi connectivity index (χ1) is 9.81. The number of hydrogen-bond donors (Lipinski definition) is 1. The molecule has 1 aromatic carbocycles.